The first-order valence-electron chi connectivity index (χ1n) is 10.4. The third-order valence-electron chi connectivity index (χ3n) is 5.34. The summed E-state index contributed by atoms with van der Waals surface area (Å²) in [5.74, 6) is -0.0613. The zero-order chi connectivity index (χ0) is 23.1. The summed E-state index contributed by atoms with van der Waals surface area (Å²) in [5.41, 5.74) is 2.14. The number of alkyl halides is 3. The molecule has 0 bridgehead atoms. The lowest BCUT2D eigenvalue weighted by molar-refractivity contribution is -0.192. The van der Waals surface area contributed by atoms with E-state index in [4.69, 9.17) is 14.6 Å². The molecule has 2 aliphatic heterocycles. The first-order valence-corrected chi connectivity index (χ1v) is 10.4. The molecule has 32 heavy (non-hydrogen) atoms. The molecule has 4 rings (SSSR count). The van der Waals surface area contributed by atoms with E-state index in [-0.39, 0.29) is 0 Å². The summed E-state index contributed by atoms with van der Waals surface area (Å²) in [4.78, 5) is 16.1. The van der Waals surface area contributed by atoms with Gasteiger partial charge in [0.2, 0.25) is 0 Å². The number of carboxylic acid groups (broad SMARTS) is 1. The van der Waals surface area contributed by atoms with Crippen LogP contribution in [0.5, 0.6) is 0 Å². The number of fused-ring (bicyclic) bond motifs is 1. The molecule has 0 aromatic carbocycles. The van der Waals surface area contributed by atoms with Crippen molar-refractivity contribution >= 4 is 11.8 Å². The number of aryl methyl sites for hydroxylation is 1. The van der Waals surface area contributed by atoms with Crippen LogP contribution in [-0.4, -0.2) is 74.7 Å². The number of halogens is 3. The lowest BCUT2D eigenvalue weighted by atomic mass is 10.1. The number of rotatable bonds is 5. The number of ether oxygens (including phenoxy) is 1. The molecule has 1 unspecified atom stereocenters. The van der Waals surface area contributed by atoms with Gasteiger partial charge in [-0.1, -0.05) is 0 Å². The van der Waals surface area contributed by atoms with Gasteiger partial charge in [0.15, 0.2) is 0 Å². The molecule has 2 aromatic heterocycles. The minimum Gasteiger partial charge on any atom is -0.475 e. The van der Waals surface area contributed by atoms with Crippen molar-refractivity contribution in [2.24, 2.45) is 5.92 Å². The molecule has 0 spiro atoms. The van der Waals surface area contributed by atoms with E-state index < -0.39 is 12.1 Å². The Morgan fingerprint density at radius 1 is 1.28 bits per heavy atom. The Labute approximate surface area is 183 Å². The average molecular weight is 456 g/mol. The molecule has 9 nitrogen and oxygen atoms in total. The number of anilines is 1. The van der Waals surface area contributed by atoms with Gasteiger partial charge in [0.25, 0.3) is 0 Å². The van der Waals surface area contributed by atoms with Crippen molar-refractivity contribution in [1.82, 2.24) is 24.6 Å². The molecular formula is C20H27F3N6O3. The molecular weight excluding hydrogens is 429 g/mol. The zero-order valence-corrected chi connectivity index (χ0v) is 17.8. The predicted molar refractivity (Wildman–Crippen MR) is 109 cm³/mol. The van der Waals surface area contributed by atoms with Crippen molar-refractivity contribution in [2.45, 2.75) is 39.0 Å². The van der Waals surface area contributed by atoms with Crippen LogP contribution in [0.25, 0.3) is 0 Å². The number of hydrogen-bond donors (Lipinski definition) is 2. The molecule has 0 aliphatic carbocycles. The normalized spacial score (nSPS) is 18.9. The molecule has 0 radical (unpaired) electrons. The fraction of sp³-hybridized carbons (Fsp3) is 0.600. The number of carboxylic acids is 1. The van der Waals surface area contributed by atoms with Crippen LogP contribution in [0.4, 0.5) is 19.0 Å². The molecule has 2 N–H and O–H groups in total. The summed E-state index contributed by atoms with van der Waals surface area (Å²) in [6.45, 7) is 8.84. The van der Waals surface area contributed by atoms with Crippen LogP contribution in [0.15, 0.2) is 18.3 Å². The summed E-state index contributed by atoms with van der Waals surface area (Å²) >= 11 is 0. The van der Waals surface area contributed by atoms with Crippen molar-refractivity contribution in [1.29, 1.82) is 0 Å². The van der Waals surface area contributed by atoms with E-state index in [0.717, 1.165) is 63.9 Å². The van der Waals surface area contributed by atoms with Crippen LogP contribution in [0.2, 0.25) is 0 Å². The van der Waals surface area contributed by atoms with Gasteiger partial charge in [-0.3, -0.25) is 0 Å². The highest BCUT2D eigenvalue weighted by Crippen LogP contribution is 2.18. The lowest BCUT2D eigenvalue weighted by Gasteiger charge is -2.22. The smallest absolute Gasteiger partial charge is 0.475 e. The van der Waals surface area contributed by atoms with Crippen molar-refractivity contribution in [3.05, 3.63) is 35.5 Å². The van der Waals surface area contributed by atoms with Gasteiger partial charge in [0.1, 0.15) is 11.6 Å². The second-order valence-electron chi connectivity index (χ2n) is 7.81. The lowest BCUT2D eigenvalue weighted by Crippen LogP contribution is -2.32. The number of hydrogen-bond acceptors (Lipinski definition) is 7. The number of aliphatic carboxylic acids is 1. The number of nitrogens with one attached hydrogen (secondary N) is 1. The number of carbonyl (C=O) groups is 1. The maximum absolute atomic E-state index is 10.6. The minimum absolute atomic E-state index is 0.701. The highest BCUT2D eigenvalue weighted by molar-refractivity contribution is 5.73. The van der Waals surface area contributed by atoms with Crippen molar-refractivity contribution in [2.75, 3.05) is 38.2 Å². The first kappa shape index (κ1) is 23.9. The molecule has 12 heteroatoms. The Balaban J connectivity index is 0.000000360. The fourth-order valence-corrected chi connectivity index (χ4v) is 3.63. The van der Waals surface area contributed by atoms with E-state index in [0.29, 0.717) is 5.92 Å². The summed E-state index contributed by atoms with van der Waals surface area (Å²) in [6, 6.07) is 3.93. The zero-order valence-electron chi connectivity index (χ0n) is 17.8. The predicted octanol–water partition coefficient (Wildman–Crippen LogP) is 2.12. The Bertz CT molecular complexity index is 882. The van der Waals surface area contributed by atoms with Crippen LogP contribution < -0.4 is 5.32 Å². The van der Waals surface area contributed by atoms with E-state index in [9.17, 15) is 13.2 Å². The van der Waals surface area contributed by atoms with Gasteiger partial charge >= 0.3 is 12.1 Å². The van der Waals surface area contributed by atoms with Gasteiger partial charge in [-0.2, -0.15) is 18.3 Å². The molecule has 176 valence electrons. The van der Waals surface area contributed by atoms with Crippen molar-refractivity contribution in [3.8, 4) is 0 Å². The van der Waals surface area contributed by atoms with Crippen LogP contribution >= 0.6 is 0 Å². The van der Waals surface area contributed by atoms with Crippen LogP contribution in [0.3, 0.4) is 0 Å². The first-order chi connectivity index (χ1) is 15.2. The van der Waals surface area contributed by atoms with Crippen LogP contribution in [0.1, 0.15) is 23.6 Å². The van der Waals surface area contributed by atoms with E-state index in [1.807, 2.05) is 25.3 Å². The summed E-state index contributed by atoms with van der Waals surface area (Å²) in [5, 5.41) is 18.7. The van der Waals surface area contributed by atoms with Gasteiger partial charge in [-0.25, -0.2) is 9.78 Å². The average Bonchev–Trinajstić information content (AvgIpc) is 3.34. The molecule has 0 amide bonds. The van der Waals surface area contributed by atoms with Crippen molar-refractivity contribution < 1.29 is 27.8 Å². The molecule has 2 aliphatic rings. The largest absolute Gasteiger partial charge is 0.490 e. The van der Waals surface area contributed by atoms with Crippen LogP contribution in [0, 0.1) is 12.8 Å². The quantitative estimate of drug-likeness (QED) is 0.705. The SMILES string of the molecule is Cc1ccc(NCc2cnc3n2CCN(CC2CCOC2)CC3)nn1.O=C(O)C(F)(F)F. The second kappa shape index (κ2) is 10.7. The van der Waals surface area contributed by atoms with Gasteiger partial charge in [-0.05, 0) is 31.4 Å². The van der Waals surface area contributed by atoms with Crippen molar-refractivity contribution in [3.63, 3.8) is 0 Å². The van der Waals surface area contributed by atoms with E-state index in [2.05, 4.69) is 30.0 Å². The minimum atomic E-state index is -5.08. The third kappa shape index (κ3) is 6.89. The Kier molecular flexibility index (Phi) is 8.02. The Morgan fingerprint density at radius 2 is 2.06 bits per heavy atom. The van der Waals surface area contributed by atoms with Gasteiger partial charge in [0, 0.05) is 39.2 Å². The summed E-state index contributed by atoms with van der Waals surface area (Å²) in [7, 11) is 0. The number of nitrogens with zero attached hydrogens (tertiary/aromatic N) is 5. The van der Waals surface area contributed by atoms with E-state index >= 15 is 0 Å². The molecule has 1 saturated heterocycles. The summed E-state index contributed by atoms with van der Waals surface area (Å²) in [6.07, 6.45) is -0.879. The van der Waals surface area contributed by atoms with Crippen LogP contribution in [-0.2, 0) is 29.0 Å². The molecule has 0 saturated carbocycles. The fourth-order valence-electron chi connectivity index (χ4n) is 3.63. The Morgan fingerprint density at radius 3 is 2.69 bits per heavy atom. The van der Waals surface area contributed by atoms with E-state index in [1.165, 1.54) is 17.9 Å². The van der Waals surface area contributed by atoms with Gasteiger partial charge in [0.05, 0.1) is 30.7 Å². The molecule has 4 heterocycles. The van der Waals surface area contributed by atoms with E-state index in [1.54, 1.807) is 0 Å². The molecule has 1 fully saturated rings. The number of aromatic nitrogens is 4. The highest BCUT2D eigenvalue weighted by Gasteiger charge is 2.38. The topological polar surface area (TPSA) is 105 Å². The third-order valence-corrected chi connectivity index (χ3v) is 5.34. The number of imidazole rings is 1. The maximum atomic E-state index is 10.6. The standard InChI is InChI=1S/C18H26N6O.C2HF3O2/c1-14-2-3-17(22-21-14)19-10-16-11-20-18-4-6-23(7-8-24(16)18)12-15-5-9-25-13-15;3-2(4,5)1(6)7/h2-3,11,15H,4-10,12-13H2,1H3,(H,19,22);(H,6,7). The maximum Gasteiger partial charge on any atom is 0.490 e. The second-order valence-corrected chi connectivity index (χ2v) is 7.81. The monoisotopic (exact) mass is 456 g/mol. The molecule has 2 aromatic rings. The van der Waals surface area contributed by atoms with Gasteiger partial charge < -0.3 is 24.6 Å². The molecule has 1 atom stereocenters. The Hall–Kier alpha value is -2.73. The van der Waals surface area contributed by atoms with Gasteiger partial charge in [-0.15, -0.1) is 5.10 Å². The highest BCUT2D eigenvalue weighted by atomic mass is 19.4. The summed E-state index contributed by atoms with van der Waals surface area (Å²) < 4.78 is 39.6.